The lowest BCUT2D eigenvalue weighted by atomic mass is 10.1. The minimum atomic E-state index is -1.12. The number of nitro groups is 1. The van der Waals surface area contributed by atoms with Gasteiger partial charge in [-0.3, -0.25) is 10.1 Å². The number of non-ortho nitro benzene ring substituents is 1. The third kappa shape index (κ3) is 5.01. The first-order chi connectivity index (χ1) is 11.6. The van der Waals surface area contributed by atoms with Crippen molar-refractivity contribution in [2.45, 2.75) is 45.3 Å². The molecule has 1 amide bonds. The molecule has 1 aliphatic heterocycles. The number of rotatable bonds is 3. The van der Waals surface area contributed by atoms with E-state index in [9.17, 15) is 23.7 Å². The van der Waals surface area contributed by atoms with Crippen LogP contribution in [-0.4, -0.2) is 40.7 Å². The average Bonchev–Trinajstić information content (AvgIpc) is 2.49. The molecular weight excluding hydrogens is 338 g/mol. The molecule has 7 nitrogen and oxygen atoms in total. The second kappa shape index (κ2) is 7.20. The third-order valence-corrected chi connectivity index (χ3v) is 3.57. The summed E-state index contributed by atoms with van der Waals surface area (Å²) in [4.78, 5) is 23.2. The first kappa shape index (κ1) is 18.9. The van der Waals surface area contributed by atoms with E-state index in [0.29, 0.717) is 38.1 Å². The number of hydrogen-bond donors (Lipinski definition) is 0. The van der Waals surface area contributed by atoms with Gasteiger partial charge in [-0.1, -0.05) is 0 Å². The summed E-state index contributed by atoms with van der Waals surface area (Å²) in [5.74, 6) is -2.89. The SMILES string of the molecule is CC(C)(C)OC(=O)N1CCC(Oc2c(F)cc([N+](=O)[O-])cc2F)CC1. The van der Waals surface area contributed by atoms with Gasteiger partial charge in [0.05, 0.1) is 17.1 Å². The van der Waals surface area contributed by atoms with Crippen molar-refractivity contribution in [2.75, 3.05) is 13.1 Å². The number of hydrogen-bond acceptors (Lipinski definition) is 5. The molecule has 2 rings (SSSR count). The summed E-state index contributed by atoms with van der Waals surface area (Å²) in [5.41, 5.74) is -1.28. The van der Waals surface area contributed by atoms with E-state index in [-0.39, 0.29) is 0 Å². The highest BCUT2D eigenvalue weighted by molar-refractivity contribution is 5.68. The van der Waals surface area contributed by atoms with Gasteiger partial charge in [0.2, 0.25) is 0 Å². The summed E-state index contributed by atoms with van der Waals surface area (Å²) in [7, 11) is 0. The molecule has 0 bridgehead atoms. The van der Waals surface area contributed by atoms with Crippen LogP contribution < -0.4 is 4.74 Å². The average molecular weight is 358 g/mol. The van der Waals surface area contributed by atoms with Crippen LogP contribution in [0, 0.1) is 21.7 Å². The van der Waals surface area contributed by atoms with Crippen LogP contribution >= 0.6 is 0 Å². The molecule has 0 unspecified atom stereocenters. The largest absolute Gasteiger partial charge is 0.484 e. The standard InChI is InChI=1S/C16H20F2N2O5/c1-16(2,3)25-15(21)19-6-4-11(5-7-19)24-14-12(17)8-10(20(22)23)9-13(14)18/h8-9,11H,4-7H2,1-3H3. The van der Waals surface area contributed by atoms with Gasteiger partial charge < -0.3 is 14.4 Å². The van der Waals surface area contributed by atoms with Crippen LogP contribution in [0.15, 0.2) is 12.1 Å². The molecule has 0 N–H and O–H groups in total. The monoisotopic (exact) mass is 358 g/mol. The van der Waals surface area contributed by atoms with E-state index in [1.807, 2.05) is 0 Å². The molecule has 0 aliphatic carbocycles. The van der Waals surface area contributed by atoms with Crippen molar-refractivity contribution in [3.8, 4) is 5.75 Å². The maximum absolute atomic E-state index is 13.9. The van der Waals surface area contributed by atoms with E-state index in [2.05, 4.69) is 0 Å². The molecule has 1 fully saturated rings. The fourth-order valence-corrected chi connectivity index (χ4v) is 2.41. The summed E-state index contributed by atoms with van der Waals surface area (Å²) >= 11 is 0. The van der Waals surface area contributed by atoms with Crippen molar-refractivity contribution in [1.29, 1.82) is 0 Å². The predicted octanol–water partition coefficient (Wildman–Crippen LogP) is 3.65. The lowest BCUT2D eigenvalue weighted by molar-refractivity contribution is -0.385. The van der Waals surface area contributed by atoms with Crippen LogP contribution in [0.1, 0.15) is 33.6 Å². The van der Waals surface area contributed by atoms with E-state index in [0.717, 1.165) is 0 Å². The van der Waals surface area contributed by atoms with Gasteiger partial charge in [-0.25, -0.2) is 13.6 Å². The van der Waals surface area contributed by atoms with Gasteiger partial charge in [0.25, 0.3) is 5.69 Å². The summed E-state index contributed by atoms with van der Waals surface area (Å²) in [6.45, 7) is 5.95. The minimum absolute atomic E-state index is 0.329. The topological polar surface area (TPSA) is 81.9 Å². The number of amides is 1. The number of ether oxygens (including phenoxy) is 2. The number of likely N-dealkylation sites (tertiary alicyclic amines) is 1. The Hall–Kier alpha value is -2.45. The zero-order chi connectivity index (χ0) is 18.8. The summed E-state index contributed by atoms with van der Waals surface area (Å²) in [6, 6.07) is 1.24. The quantitative estimate of drug-likeness (QED) is 0.608. The number of nitrogens with zero attached hydrogens (tertiary/aromatic N) is 2. The molecule has 1 heterocycles. The maximum atomic E-state index is 13.9. The highest BCUT2D eigenvalue weighted by Crippen LogP contribution is 2.29. The van der Waals surface area contributed by atoms with Gasteiger partial charge in [-0.2, -0.15) is 0 Å². The van der Waals surface area contributed by atoms with Gasteiger partial charge in [0.1, 0.15) is 11.7 Å². The smallest absolute Gasteiger partial charge is 0.410 e. The van der Waals surface area contributed by atoms with Crippen LogP contribution in [0.3, 0.4) is 0 Å². The molecule has 0 spiro atoms. The van der Waals surface area contributed by atoms with Gasteiger partial charge in [0, 0.05) is 25.9 Å². The zero-order valence-electron chi connectivity index (χ0n) is 14.3. The van der Waals surface area contributed by atoms with Gasteiger partial charge in [-0.15, -0.1) is 0 Å². The van der Waals surface area contributed by atoms with Crippen LogP contribution in [0.25, 0.3) is 0 Å². The Balaban J connectivity index is 1.96. The number of piperidine rings is 1. The van der Waals surface area contributed by atoms with Crippen molar-refractivity contribution >= 4 is 11.8 Å². The molecule has 1 aromatic rings. The second-order valence-corrected chi connectivity index (χ2v) is 6.78. The highest BCUT2D eigenvalue weighted by atomic mass is 19.1. The Labute approximate surface area is 143 Å². The van der Waals surface area contributed by atoms with E-state index < -0.39 is 45.8 Å². The number of nitro benzene ring substituents is 1. The Morgan fingerprint density at radius 3 is 2.20 bits per heavy atom. The lowest BCUT2D eigenvalue weighted by Gasteiger charge is -2.33. The highest BCUT2D eigenvalue weighted by Gasteiger charge is 2.29. The van der Waals surface area contributed by atoms with E-state index in [1.54, 1.807) is 20.8 Å². The summed E-state index contributed by atoms with van der Waals surface area (Å²) in [5, 5.41) is 10.6. The Kier molecular flexibility index (Phi) is 5.44. The van der Waals surface area contributed by atoms with Crippen molar-refractivity contribution in [3.63, 3.8) is 0 Å². The van der Waals surface area contributed by atoms with Crippen molar-refractivity contribution in [1.82, 2.24) is 4.90 Å². The molecular formula is C16H20F2N2O5. The van der Waals surface area contributed by atoms with E-state index in [1.165, 1.54) is 4.90 Å². The Morgan fingerprint density at radius 1 is 1.24 bits per heavy atom. The maximum Gasteiger partial charge on any atom is 0.410 e. The lowest BCUT2D eigenvalue weighted by Crippen LogP contribution is -2.44. The molecule has 1 aliphatic rings. The molecule has 138 valence electrons. The number of halogens is 2. The number of carbonyl (C=O) groups excluding carboxylic acids is 1. The zero-order valence-corrected chi connectivity index (χ0v) is 14.3. The summed E-state index contributed by atoms with van der Waals surface area (Å²) < 4.78 is 38.3. The van der Waals surface area contributed by atoms with E-state index in [4.69, 9.17) is 9.47 Å². The third-order valence-electron chi connectivity index (χ3n) is 3.57. The fourth-order valence-electron chi connectivity index (χ4n) is 2.41. The predicted molar refractivity (Wildman–Crippen MR) is 84.5 cm³/mol. The Bertz CT molecular complexity index is 644. The van der Waals surface area contributed by atoms with Crippen LogP contribution in [0.4, 0.5) is 19.3 Å². The molecule has 1 saturated heterocycles. The van der Waals surface area contributed by atoms with Crippen molar-refractivity contribution < 1.29 is 28.0 Å². The molecule has 0 aromatic heterocycles. The number of benzene rings is 1. The van der Waals surface area contributed by atoms with Crippen LogP contribution in [-0.2, 0) is 4.74 Å². The normalized spacial score (nSPS) is 15.8. The van der Waals surface area contributed by atoms with Gasteiger partial charge >= 0.3 is 6.09 Å². The Morgan fingerprint density at radius 2 is 1.76 bits per heavy atom. The number of carbonyl (C=O) groups is 1. The van der Waals surface area contributed by atoms with Crippen LogP contribution in [0.5, 0.6) is 5.75 Å². The van der Waals surface area contributed by atoms with E-state index >= 15 is 0 Å². The molecule has 9 heteroatoms. The van der Waals surface area contributed by atoms with Gasteiger partial charge in [0.15, 0.2) is 17.4 Å². The molecule has 0 saturated carbocycles. The molecule has 1 aromatic carbocycles. The molecule has 0 atom stereocenters. The molecule has 25 heavy (non-hydrogen) atoms. The first-order valence-corrected chi connectivity index (χ1v) is 7.85. The summed E-state index contributed by atoms with van der Waals surface area (Å²) in [6.07, 6.45) is -0.202. The molecule has 0 radical (unpaired) electrons. The van der Waals surface area contributed by atoms with Crippen LogP contribution in [0.2, 0.25) is 0 Å². The van der Waals surface area contributed by atoms with Crippen molar-refractivity contribution in [2.24, 2.45) is 0 Å². The first-order valence-electron chi connectivity index (χ1n) is 7.85. The van der Waals surface area contributed by atoms with Gasteiger partial charge in [-0.05, 0) is 20.8 Å². The van der Waals surface area contributed by atoms with Crippen molar-refractivity contribution in [3.05, 3.63) is 33.9 Å². The fraction of sp³-hybridized carbons (Fsp3) is 0.562. The minimum Gasteiger partial charge on any atom is -0.484 e. The second-order valence-electron chi connectivity index (χ2n) is 6.78.